The molecule has 6 nitrogen and oxygen atoms in total. The molecule has 20 heavy (non-hydrogen) atoms. The predicted molar refractivity (Wildman–Crippen MR) is 75.0 cm³/mol. The number of hydrogen-bond donors (Lipinski definition) is 0. The summed E-state index contributed by atoms with van der Waals surface area (Å²) in [7, 11) is 0. The van der Waals surface area contributed by atoms with E-state index in [1.54, 1.807) is 13.8 Å². The lowest BCUT2D eigenvalue weighted by atomic mass is 10.2. The Kier molecular flexibility index (Phi) is 4.85. The molecule has 0 N–H and O–H groups in total. The van der Waals surface area contributed by atoms with Gasteiger partial charge < -0.3 is 14.7 Å². The maximum atomic E-state index is 12.0. The van der Waals surface area contributed by atoms with Crippen molar-refractivity contribution in [3.8, 4) is 0 Å². The number of carbonyl (C=O) groups excluding carboxylic acids is 3. The van der Waals surface area contributed by atoms with Crippen molar-refractivity contribution in [2.75, 3.05) is 20.0 Å². The Bertz CT molecular complexity index is 462. The standard InChI is InChI=1S/C14H19N3O3/c1-6-12(18)15-7-16(13(19)10(2)3)9-17(8-15)14(20)11(4)5/h6H,1-2,4,7-9H2,3,5H3. The number of amides is 3. The molecule has 1 rings (SSSR count). The van der Waals surface area contributed by atoms with Crippen LogP contribution in [0.3, 0.4) is 0 Å². The molecule has 0 aromatic heterocycles. The monoisotopic (exact) mass is 277 g/mol. The Morgan fingerprint density at radius 3 is 1.50 bits per heavy atom. The summed E-state index contributed by atoms with van der Waals surface area (Å²) in [6.45, 7) is 14.1. The third kappa shape index (κ3) is 3.34. The molecule has 1 saturated heterocycles. The smallest absolute Gasteiger partial charge is 0.251 e. The van der Waals surface area contributed by atoms with Gasteiger partial charge in [-0.2, -0.15) is 0 Å². The molecule has 3 amide bonds. The first kappa shape index (κ1) is 15.7. The van der Waals surface area contributed by atoms with Gasteiger partial charge in [-0.15, -0.1) is 0 Å². The van der Waals surface area contributed by atoms with E-state index in [1.807, 2.05) is 0 Å². The first-order valence-electron chi connectivity index (χ1n) is 6.08. The lowest BCUT2D eigenvalue weighted by molar-refractivity contribution is -0.153. The molecule has 0 bridgehead atoms. The SMILES string of the molecule is C=CC(=O)N1CN(C(=O)C(=C)C)CN(C(=O)C(=C)C)C1. The number of rotatable bonds is 3. The Labute approximate surface area is 118 Å². The van der Waals surface area contributed by atoms with Crippen molar-refractivity contribution in [2.45, 2.75) is 13.8 Å². The first-order chi connectivity index (χ1) is 9.27. The van der Waals surface area contributed by atoms with Gasteiger partial charge in [-0.25, -0.2) is 0 Å². The fourth-order valence-corrected chi connectivity index (χ4v) is 1.82. The van der Waals surface area contributed by atoms with Crippen molar-refractivity contribution in [3.05, 3.63) is 37.0 Å². The molecule has 0 aliphatic carbocycles. The normalized spacial score (nSPS) is 14.8. The third-order valence-electron chi connectivity index (χ3n) is 2.82. The van der Waals surface area contributed by atoms with Gasteiger partial charge in [-0.1, -0.05) is 19.7 Å². The fraction of sp³-hybridized carbons (Fsp3) is 0.357. The van der Waals surface area contributed by atoms with E-state index in [1.165, 1.54) is 14.7 Å². The number of hydrogen-bond acceptors (Lipinski definition) is 3. The van der Waals surface area contributed by atoms with Crippen LogP contribution in [0.5, 0.6) is 0 Å². The highest BCUT2D eigenvalue weighted by atomic mass is 16.2. The minimum absolute atomic E-state index is 0.108. The quantitative estimate of drug-likeness (QED) is 0.713. The Balaban J connectivity index is 2.99. The number of carbonyl (C=O) groups is 3. The molecule has 1 aliphatic rings. The van der Waals surface area contributed by atoms with Crippen LogP contribution in [-0.4, -0.2) is 52.4 Å². The lowest BCUT2D eigenvalue weighted by Crippen LogP contribution is -2.59. The average molecular weight is 277 g/mol. The van der Waals surface area contributed by atoms with E-state index in [0.29, 0.717) is 11.1 Å². The number of nitrogens with zero attached hydrogens (tertiary/aromatic N) is 3. The molecule has 0 atom stereocenters. The first-order valence-corrected chi connectivity index (χ1v) is 6.08. The van der Waals surface area contributed by atoms with Gasteiger partial charge in [0.25, 0.3) is 11.8 Å². The molecular weight excluding hydrogens is 258 g/mol. The molecular formula is C14H19N3O3. The van der Waals surface area contributed by atoms with E-state index >= 15 is 0 Å². The van der Waals surface area contributed by atoms with E-state index in [-0.39, 0.29) is 37.7 Å². The summed E-state index contributed by atoms with van der Waals surface area (Å²) in [5, 5.41) is 0. The summed E-state index contributed by atoms with van der Waals surface area (Å²) >= 11 is 0. The van der Waals surface area contributed by atoms with Crippen LogP contribution in [0.25, 0.3) is 0 Å². The van der Waals surface area contributed by atoms with Gasteiger partial charge in [0.1, 0.15) is 0 Å². The largest absolute Gasteiger partial charge is 0.303 e. The van der Waals surface area contributed by atoms with Crippen LogP contribution in [0, 0.1) is 0 Å². The second kappa shape index (κ2) is 6.18. The second-order valence-electron chi connectivity index (χ2n) is 4.76. The van der Waals surface area contributed by atoms with Crippen molar-refractivity contribution < 1.29 is 14.4 Å². The summed E-state index contributed by atoms with van der Waals surface area (Å²) in [4.78, 5) is 39.8. The van der Waals surface area contributed by atoms with Crippen LogP contribution >= 0.6 is 0 Å². The van der Waals surface area contributed by atoms with Gasteiger partial charge in [-0.3, -0.25) is 14.4 Å². The van der Waals surface area contributed by atoms with Gasteiger partial charge in [0.05, 0.1) is 20.0 Å². The predicted octanol–water partition coefficient (Wildman–Crippen LogP) is 0.697. The molecule has 0 spiro atoms. The Morgan fingerprint density at radius 2 is 1.20 bits per heavy atom. The molecule has 108 valence electrons. The molecule has 6 heteroatoms. The summed E-state index contributed by atoms with van der Waals surface area (Å²) in [5.41, 5.74) is 0.696. The minimum atomic E-state index is -0.344. The van der Waals surface area contributed by atoms with Gasteiger partial charge in [0, 0.05) is 11.1 Å². The Morgan fingerprint density at radius 1 is 0.850 bits per heavy atom. The highest BCUT2D eigenvalue weighted by Gasteiger charge is 2.31. The van der Waals surface area contributed by atoms with Crippen LogP contribution in [0.4, 0.5) is 0 Å². The Hall–Kier alpha value is -2.37. The van der Waals surface area contributed by atoms with Crippen molar-refractivity contribution in [3.63, 3.8) is 0 Å². The van der Waals surface area contributed by atoms with E-state index in [4.69, 9.17) is 0 Å². The van der Waals surface area contributed by atoms with E-state index < -0.39 is 0 Å². The zero-order chi connectivity index (χ0) is 15.4. The summed E-state index contributed by atoms with van der Waals surface area (Å²) in [6.07, 6.45) is 1.15. The zero-order valence-electron chi connectivity index (χ0n) is 11.9. The van der Waals surface area contributed by atoms with Gasteiger partial charge in [-0.05, 0) is 19.9 Å². The van der Waals surface area contributed by atoms with Crippen molar-refractivity contribution in [1.29, 1.82) is 0 Å². The molecule has 0 aromatic rings. The molecule has 0 unspecified atom stereocenters. The van der Waals surface area contributed by atoms with Crippen molar-refractivity contribution >= 4 is 17.7 Å². The van der Waals surface area contributed by atoms with Crippen LogP contribution in [-0.2, 0) is 14.4 Å². The van der Waals surface area contributed by atoms with Gasteiger partial charge in [0.15, 0.2) is 0 Å². The minimum Gasteiger partial charge on any atom is -0.303 e. The molecule has 0 aromatic carbocycles. The highest BCUT2D eigenvalue weighted by Crippen LogP contribution is 2.13. The molecule has 1 heterocycles. The lowest BCUT2D eigenvalue weighted by Gasteiger charge is -2.42. The molecule has 0 radical (unpaired) electrons. The topological polar surface area (TPSA) is 60.9 Å². The van der Waals surface area contributed by atoms with Gasteiger partial charge >= 0.3 is 0 Å². The van der Waals surface area contributed by atoms with Crippen LogP contribution in [0.1, 0.15) is 13.8 Å². The van der Waals surface area contributed by atoms with Crippen LogP contribution < -0.4 is 0 Å². The van der Waals surface area contributed by atoms with Crippen molar-refractivity contribution in [1.82, 2.24) is 14.7 Å². The zero-order valence-corrected chi connectivity index (χ0v) is 11.9. The van der Waals surface area contributed by atoms with Crippen LogP contribution in [0.15, 0.2) is 37.0 Å². The summed E-state index contributed by atoms with van der Waals surface area (Å²) in [5.74, 6) is -0.944. The van der Waals surface area contributed by atoms with Crippen molar-refractivity contribution in [2.24, 2.45) is 0 Å². The van der Waals surface area contributed by atoms with Gasteiger partial charge in [0.2, 0.25) is 5.91 Å². The van der Waals surface area contributed by atoms with E-state index in [2.05, 4.69) is 19.7 Å². The second-order valence-corrected chi connectivity index (χ2v) is 4.76. The van der Waals surface area contributed by atoms with E-state index in [9.17, 15) is 14.4 Å². The molecule has 0 saturated carbocycles. The maximum Gasteiger partial charge on any atom is 0.251 e. The average Bonchev–Trinajstić information content (AvgIpc) is 2.43. The van der Waals surface area contributed by atoms with E-state index in [0.717, 1.165) is 6.08 Å². The summed E-state index contributed by atoms with van der Waals surface area (Å²) in [6, 6.07) is 0. The van der Waals surface area contributed by atoms with Crippen LogP contribution in [0.2, 0.25) is 0 Å². The maximum absolute atomic E-state index is 12.0. The molecule has 1 fully saturated rings. The third-order valence-corrected chi connectivity index (χ3v) is 2.82. The fourth-order valence-electron chi connectivity index (χ4n) is 1.82. The summed E-state index contributed by atoms with van der Waals surface area (Å²) < 4.78 is 0. The molecule has 1 aliphatic heterocycles. The highest BCUT2D eigenvalue weighted by molar-refractivity contribution is 5.95.